The van der Waals surface area contributed by atoms with Crippen molar-refractivity contribution in [3.63, 3.8) is 0 Å². The molecule has 0 aliphatic carbocycles. The van der Waals surface area contributed by atoms with Crippen molar-refractivity contribution in [2.75, 3.05) is 7.11 Å². The third-order valence-electron chi connectivity index (χ3n) is 3.64. The van der Waals surface area contributed by atoms with Crippen molar-refractivity contribution >= 4 is 17.8 Å². The number of hydrogen-bond donors (Lipinski definition) is 1. The smallest absolute Gasteiger partial charge is 0.290 e. The van der Waals surface area contributed by atoms with Gasteiger partial charge < -0.3 is 4.74 Å². The van der Waals surface area contributed by atoms with E-state index >= 15 is 0 Å². The Bertz CT molecular complexity index is 928. The summed E-state index contributed by atoms with van der Waals surface area (Å²) >= 11 is 0. The number of hydrogen-bond acceptors (Lipinski definition) is 4. The molecule has 0 saturated carbocycles. The number of methoxy groups -OCH3 is 1. The fraction of sp³-hybridized carbons (Fsp3) is 0.167. The first-order chi connectivity index (χ1) is 11.6. The quantitative estimate of drug-likeness (QED) is 0.593. The SMILES string of the molecule is COc1cccc(/C=N\NC(=O)c2c(C)nc3cc(C)ccn23)c1. The number of imidazole rings is 1. The van der Waals surface area contributed by atoms with Crippen LogP contribution in [0.5, 0.6) is 5.75 Å². The second-order valence-corrected chi connectivity index (χ2v) is 5.45. The molecule has 3 rings (SSSR count). The van der Waals surface area contributed by atoms with E-state index in [9.17, 15) is 4.79 Å². The lowest BCUT2D eigenvalue weighted by atomic mass is 10.2. The molecule has 0 fully saturated rings. The first kappa shape index (κ1) is 15.7. The molecule has 1 aromatic carbocycles. The fourth-order valence-corrected chi connectivity index (χ4v) is 2.48. The molecule has 0 spiro atoms. The predicted molar refractivity (Wildman–Crippen MR) is 92.7 cm³/mol. The molecule has 0 unspecified atom stereocenters. The Labute approximate surface area is 139 Å². The van der Waals surface area contributed by atoms with Gasteiger partial charge in [-0.15, -0.1) is 0 Å². The number of ether oxygens (including phenoxy) is 1. The minimum absolute atomic E-state index is 0.303. The van der Waals surface area contributed by atoms with Crippen molar-refractivity contribution < 1.29 is 9.53 Å². The average Bonchev–Trinajstić information content (AvgIpc) is 2.89. The summed E-state index contributed by atoms with van der Waals surface area (Å²) in [6.07, 6.45) is 3.41. The number of nitrogens with one attached hydrogen (secondary N) is 1. The van der Waals surface area contributed by atoms with Crippen LogP contribution in [0.3, 0.4) is 0 Å². The molecule has 122 valence electrons. The summed E-state index contributed by atoms with van der Waals surface area (Å²) in [5.74, 6) is 0.432. The van der Waals surface area contributed by atoms with Crippen LogP contribution < -0.4 is 10.2 Å². The molecule has 0 saturated heterocycles. The van der Waals surface area contributed by atoms with Crippen LogP contribution in [0.25, 0.3) is 5.65 Å². The van der Waals surface area contributed by atoms with Crippen molar-refractivity contribution in [3.8, 4) is 5.75 Å². The maximum atomic E-state index is 12.4. The summed E-state index contributed by atoms with van der Waals surface area (Å²) < 4.78 is 6.92. The molecule has 0 aliphatic heterocycles. The molecule has 0 aliphatic rings. The minimum atomic E-state index is -0.303. The van der Waals surface area contributed by atoms with E-state index in [0.717, 1.165) is 22.5 Å². The summed E-state index contributed by atoms with van der Waals surface area (Å²) in [6.45, 7) is 3.80. The lowest BCUT2D eigenvalue weighted by molar-refractivity contribution is 0.0948. The molecule has 0 radical (unpaired) electrons. The number of amides is 1. The second-order valence-electron chi connectivity index (χ2n) is 5.45. The van der Waals surface area contributed by atoms with Gasteiger partial charge in [-0.2, -0.15) is 5.10 Å². The molecule has 1 N–H and O–H groups in total. The van der Waals surface area contributed by atoms with Gasteiger partial charge in [0.1, 0.15) is 17.1 Å². The molecule has 1 amide bonds. The van der Waals surface area contributed by atoms with E-state index < -0.39 is 0 Å². The van der Waals surface area contributed by atoms with Crippen LogP contribution in [0.15, 0.2) is 47.7 Å². The highest BCUT2D eigenvalue weighted by Crippen LogP contribution is 2.14. The maximum absolute atomic E-state index is 12.4. The van der Waals surface area contributed by atoms with E-state index in [2.05, 4.69) is 15.5 Å². The third kappa shape index (κ3) is 3.12. The number of aromatic nitrogens is 2. The van der Waals surface area contributed by atoms with Crippen LogP contribution in [0.1, 0.15) is 27.3 Å². The van der Waals surface area contributed by atoms with E-state index in [1.165, 1.54) is 0 Å². The van der Waals surface area contributed by atoms with E-state index in [4.69, 9.17) is 4.74 Å². The largest absolute Gasteiger partial charge is 0.497 e. The molecular weight excluding hydrogens is 304 g/mol. The van der Waals surface area contributed by atoms with Gasteiger partial charge in [0.15, 0.2) is 0 Å². The Hall–Kier alpha value is -3.15. The first-order valence-corrected chi connectivity index (χ1v) is 7.51. The van der Waals surface area contributed by atoms with Crippen LogP contribution in [0.4, 0.5) is 0 Å². The van der Waals surface area contributed by atoms with Crippen molar-refractivity contribution in [2.45, 2.75) is 13.8 Å². The van der Waals surface area contributed by atoms with Crippen LogP contribution in [-0.4, -0.2) is 28.6 Å². The van der Waals surface area contributed by atoms with E-state index in [0.29, 0.717) is 11.4 Å². The number of benzene rings is 1. The van der Waals surface area contributed by atoms with Gasteiger partial charge in [0.25, 0.3) is 5.91 Å². The zero-order chi connectivity index (χ0) is 17.1. The zero-order valence-corrected chi connectivity index (χ0v) is 13.8. The summed E-state index contributed by atoms with van der Waals surface area (Å²) in [7, 11) is 1.60. The number of fused-ring (bicyclic) bond motifs is 1. The standard InChI is InChI=1S/C18H18N4O2/c1-12-7-8-22-16(9-12)20-13(2)17(22)18(23)21-19-11-14-5-4-6-15(10-14)24-3/h4-11H,1-3H3,(H,21,23)/b19-11-. The van der Waals surface area contributed by atoms with Crippen molar-refractivity contribution in [1.29, 1.82) is 0 Å². The monoisotopic (exact) mass is 322 g/mol. The lowest BCUT2D eigenvalue weighted by Gasteiger charge is -2.02. The highest BCUT2D eigenvalue weighted by atomic mass is 16.5. The Kier molecular flexibility index (Phi) is 4.29. The van der Waals surface area contributed by atoms with Crippen molar-refractivity contribution in [2.24, 2.45) is 5.10 Å². The number of aryl methyl sites for hydroxylation is 2. The van der Waals surface area contributed by atoms with Gasteiger partial charge in [-0.3, -0.25) is 9.20 Å². The predicted octanol–water partition coefficient (Wildman–Crippen LogP) is 2.72. The number of rotatable bonds is 4. The molecule has 2 aromatic heterocycles. The number of nitrogens with zero attached hydrogens (tertiary/aromatic N) is 3. The van der Waals surface area contributed by atoms with Gasteiger partial charge in [-0.1, -0.05) is 12.1 Å². The molecule has 24 heavy (non-hydrogen) atoms. The minimum Gasteiger partial charge on any atom is -0.497 e. The Morgan fingerprint density at radius 1 is 1.29 bits per heavy atom. The summed E-state index contributed by atoms with van der Waals surface area (Å²) in [6, 6.07) is 11.3. The van der Waals surface area contributed by atoms with Gasteiger partial charge in [-0.25, -0.2) is 10.4 Å². The summed E-state index contributed by atoms with van der Waals surface area (Å²) in [4.78, 5) is 16.8. The van der Waals surface area contributed by atoms with Gasteiger partial charge in [0.2, 0.25) is 0 Å². The van der Waals surface area contributed by atoms with Gasteiger partial charge in [0, 0.05) is 6.20 Å². The highest BCUT2D eigenvalue weighted by molar-refractivity contribution is 5.95. The van der Waals surface area contributed by atoms with E-state index in [-0.39, 0.29) is 5.91 Å². The summed E-state index contributed by atoms with van der Waals surface area (Å²) in [5, 5.41) is 4.02. The maximum Gasteiger partial charge on any atom is 0.290 e. The Morgan fingerprint density at radius 2 is 2.12 bits per heavy atom. The number of pyridine rings is 1. The average molecular weight is 322 g/mol. The molecule has 6 nitrogen and oxygen atoms in total. The van der Waals surface area contributed by atoms with Gasteiger partial charge in [0.05, 0.1) is 19.0 Å². The van der Waals surface area contributed by atoms with Crippen molar-refractivity contribution in [3.05, 3.63) is 65.1 Å². The lowest BCUT2D eigenvalue weighted by Crippen LogP contribution is -2.20. The molecule has 3 aromatic rings. The van der Waals surface area contributed by atoms with Crippen LogP contribution in [-0.2, 0) is 0 Å². The Balaban J connectivity index is 1.80. The zero-order valence-electron chi connectivity index (χ0n) is 13.8. The molecule has 2 heterocycles. The summed E-state index contributed by atoms with van der Waals surface area (Å²) in [5.41, 5.74) is 6.36. The molecule has 6 heteroatoms. The number of carbonyl (C=O) groups is 1. The van der Waals surface area contributed by atoms with E-state index in [1.54, 1.807) is 17.7 Å². The molecule has 0 atom stereocenters. The molecular formula is C18H18N4O2. The van der Waals surface area contributed by atoms with Crippen molar-refractivity contribution in [1.82, 2.24) is 14.8 Å². The first-order valence-electron chi connectivity index (χ1n) is 7.51. The second kappa shape index (κ2) is 6.54. The van der Waals surface area contributed by atoms with Crippen LogP contribution in [0, 0.1) is 13.8 Å². The third-order valence-corrected chi connectivity index (χ3v) is 3.64. The topological polar surface area (TPSA) is 68.0 Å². The highest BCUT2D eigenvalue weighted by Gasteiger charge is 2.15. The fourth-order valence-electron chi connectivity index (χ4n) is 2.48. The van der Waals surface area contributed by atoms with Crippen LogP contribution in [0.2, 0.25) is 0 Å². The van der Waals surface area contributed by atoms with Gasteiger partial charge >= 0.3 is 0 Å². The number of carbonyl (C=O) groups excluding carboxylic acids is 1. The Morgan fingerprint density at radius 3 is 2.92 bits per heavy atom. The van der Waals surface area contributed by atoms with Gasteiger partial charge in [-0.05, 0) is 49.2 Å². The number of hydrazone groups is 1. The molecule has 0 bridgehead atoms. The van der Waals surface area contributed by atoms with E-state index in [1.807, 2.05) is 56.4 Å². The van der Waals surface area contributed by atoms with Crippen LogP contribution >= 0.6 is 0 Å². The normalized spacial score (nSPS) is 11.1.